The second-order valence-electron chi connectivity index (χ2n) is 4.44. The predicted octanol–water partition coefficient (Wildman–Crippen LogP) is 2.40. The molecule has 108 valence electrons. The number of hydroxylamine groups is 1. The summed E-state index contributed by atoms with van der Waals surface area (Å²) in [6, 6.07) is 9.21. The maximum absolute atomic E-state index is 12.2. The van der Waals surface area contributed by atoms with Gasteiger partial charge in [0.15, 0.2) is 0 Å². The summed E-state index contributed by atoms with van der Waals surface area (Å²) in [6.07, 6.45) is 3.40. The lowest BCUT2D eigenvalue weighted by atomic mass is 9.93. The minimum absolute atomic E-state index is 0.247. The Morgan fingerprint density at radius 1 is 1.40 bits per heavy atom. The lowest BCUT2D eigenvalue weighted by molar-refractivity contribution is -0.184. The van der Waals surface area contributed by atoms with E-state index in [9.17, 15) is 14.8 Å². The standard InChI is InChI=1S/C15H20N2O3/c1-3-5-11-13(12-9-7-6-8-10-12)15(19)17(20)16-14(18)4-2/h4,6-10,13,20H,2-3,5,11H2,1H3,(H,16,18). The van der Waals surface area contributed by atoms with Gasteiger partial charge in [0.2, 0.25) is 0 Å². The minimum Gasteiger partial charge on any atom is -0.270 e. The summed E-state index contributed by atoms with van der Waals surface area (Å²) in [5, 5.41) is 9.90. The van der Waals surface area contributed by atoms with Gasteiger partial charge in [0.05, 0.1) is 5.92 Å². The number of nitrogens with zero attached hydrogens (tertiary/aromatic N) is 1. The van der Waals surface area contributed by atoms with Gasteiger partial charge < -0.3 is 0 Å². The Balaban J connectivity index is 2.84. The molecule has 0 spiro atoms. The molecule has 0 heterocycles. The zero-order valence-electron chi connectivity index (χ0n) is 11.6. The van der Waals surface area contributed by atoms with Gasteiger partial charge in [-0.05, 0) is 18.1 Å². The number of carbonyl (C=O) groups is 2. The fourth-order valence-corrected chi connectivity index (χ4v) is 1.88. The monoisotopic (exact) mass is 276 g/mol. The number of carbonyl (C=O) groups excluding carboxylic acids is 2. The topological polar surface area (TPSA) is 69.6 Å². The van der Waals surface area contributed by atoms with Gasteiger partial charge in [-0.15, -0.1) is 5.17 Å². The normalized spacial score (nSPS) is 11.5. The smallest absolute Gasteiger partial charge is 0.270 e. The van der Waals surface area contributed by atoms with Crippen LogP contribution >= 0.6 is 0 Å². The Kier molecular flexibility index (Phi) is 6.46. The van der Waals surface area contributed by atoms with Crippen molar-refractivity contribution >= 4 is 11.8 Å². The minimum atomic E-state index is -0.636. The van der Waals surface area contributed by atoms with E-state index in [1.54, 1.807) is 0 Å². The molecule has 1 aromatic rings. The first-order chi connectivity index (χ1) is 9.60. The molecule has 0 aliphatic carbocycles. The molecule has 2 N–H and O–H groups in total. The number of unbranched alkanes of at least 4 members (excludes halogenated alkanes) is 1. The van der Waals surface area contributed by atoms with Crippen molar-refractivity contribution in [1.82, 2.24) is 10.6 Å². The van der Waals surface area contributed by atoms with Crippen LogP contribution in [0.2, 0.25) is 0 Å². The molecule has 1 aromatic carbocycles. The highest BCUT2D eigenvalue weighted by atomic mass is 16.6. The molecule has 5 nitrogen and oxygen atoms in total. The van der Waals surface area contributed by atoms with E-state index in [1.807, 2.05) is 42.7 Å². The summed E-state index contributed by atoms with van der Waals surface area (Å²) in [5.41, 5.74) is 2.86. The zero-order valence-corrected chi connectivity index (χ0v) is 11.6. The molecule has 0 radical (unpaired) electrons. The lowest BCUT2D eigenvalue weighted by Crippen LogP contribution is -2.45. The van der Waals surface area contributed by atoms with E-state index in [-0.39, 0.29) is 5.17 Å². The van der Waals surface area contributed by atoms with Gasteiger partial charge in [-0.2, -0.15) is 0 Å². The Morgan fingerprint density at radius 3 is 2.60 bits per heavy atom. The molecule has 0 saturated heterocycles. The molecule has 0 aliphatic rings. The van der Waals surface area contributed by atoms with Crippen LogP contribution in [0.15, 0.2) is 43.0 Å². The Bertz CT molecular complexity index is 459. The third kappa shape index (κ3) is 4.51. The molecule has 20 heavy (non-hydrogen) atoms. The molecule has 1 atom stereocenters. The third-order valence-electron chi connectivity index (χ3n) is 2.96. The second kappa shape index (κ2) is 8.12. The first-order valence-corrected chi connectivity index (χ1v) is 6.61. The van der Waals surface area contributed by atoms with Gasteiger partial charge in [0.25, 0.3) is 11.8 Å². The molecule has 0 aromatic heterocycles. The van der Waals surface area contributed by atoms with E-state index in [4.69, 9.17) is 0 Å². The third-order valence-corrected chi connectivity index (χ3v) is 2.96. The van der Waals surface area contributed by atoms with Crippen molar-refractivity contribution in [2.45, 2.75) is 32.1 Å². The molecular formula is C15H20N2O3. The van der Waals surface area contributed by atoms with Crippen LogP contribution < -0.4 is 5.43 Å². The highest BCUT2D eigenvalue weighted by Crippen LogP contribution is 2.23. The van der Waals surface area contributed by atoms with E-state index < -0.39 is 17.7 Å². The van der Waals surface area contributed by atoms with Crippen molar-refractivity contribution in [2.24, 2.45) is 0 Å². The average molecular weight is 276 g/mol. The van der Waals surface area contributed by atoms with Crippen LogP contribution in [-0.4, -0.2) is 22.2 Å². The van der Waals surface area contributed by atoms with Crippen molar-refractivity contribution in [1.29, 1.82) is 0 Å². The van der Waals surface area contributed by atoms with Crippen LogP contribution in [0.3, 0.4) is 0 Å². The maximum atomic E-state index is 12.2. The SMILES string of the molecule is C=CC(=O)NN(O)C(=O)C(CCCC)c1ccccc1. The molecule has 0 saturated carbocycles. The quantitative estimate of drug-likeness (QED) is 0.476. The Morgan fingerprint density at radius 2 is 2.05 bits per heavy atom. The summed E-state index contributed by atoms with van der Waals surface area (Å²) in [7, 11) is 0. The van der Waals surface area contributed by atoms with E-state index in [0.717, 1.165) is 24.5 Å². The fraction of sp³-hybridized carbons (Fsp3) is 0.333. The first kappa shape index (κ1) is 15.9. The van der Waals surface area contributed by atoms with Crippen LogP contribution in [0.1, 0.15) is 37.7 Å². The van der Waals surface area contributed by atoms with Crippen LogP contribution in [0.25, 0.3) is 0 Å². The number of benzene rings is 1. The number of hydrogen-bond donors (Lipinski definition) is 2. The van der Waals surface area contributed by atoms with E-state index in [2.05, 4.69) is 6.58 Å². The molecule has 2 amide bonds. The Hall–Kier alpha value is -2.14. The number of amides is 2. The molecule has 1 rings (SSSR count). The summed E-state index contributed by atoms with van der Waals surface area (Å²) in [5.74, 6) is -1.67. The first-order valence-electron chi connectivity index (χ1n) is 6.61. The molecular weight excluding hydrogens is 256 g/mol. The van der Waals surface area contributed by atoms with Crippen molar-refractivity contribution in [2.75, 3.05) is 0 Å². The van der Waals surface area contributed by atoms with Crippen LogP contribution in [-0.2, 0) is 9.59 Å². The zero-order chi connectivity index (χ0) is 15.0. The highest BCUT2D eigenvalue weighted by Gasteiger charge is 2.25. The molecule has 1 unspecified atom stereocenters. The van der Waals surface area contributed by atoms with Crippen molar-refractivity contribution in [3.63, 3.8) is 0 Å². The summed E-state index contributed by atoms with van der Waals surface area (Å²) < 4.78 is 0. The molecule has 0 aliphatic heterocycles. The fourth-order valence-electron chi connectivity index (χ4n) is 1.88. The van der Waals surface area contributed by atoms with Gasteiger partial charge >= 0.3 is 0 Å². The van der Waals surface area contributed by atoms with Gasteiger partial charge in [-0.3, -0.25) is 14.8 Å². The number of nitrogens with one attached hydrogen (secondary N) is 1. The summed E-state index contributed by atoms with van der Waals surface area (Å²) >= 11 is 0. The van der Waals surface area contributed by atoms with E-state index >= 15 is 0 Å². The lowest BCUT2D eigenvalue weighted by Gasteiger charge is -2.22. The maximum Gasteiger partial charge on any atom is 0.274 e. The van der Waals surface area contributed by atoms with Gasteiger partial charge in [0.1, 0.15) is 0 Å². The highest BCUT2D eigenvalue weighted by molar-refractivity contribution is 5.90. The average Bonchev–Trinajstić information content (AvgIpc) is 2.48. The molecule has 5 heteroatoms. The largest absolute Gasteiger partial charge is 0.274 e. The van der Waals surface area contributed by atoms with Crippen molar-refractivity contribution in [3.05, 3.63) is 48.6 Å². The summed E-state index contributed by atoms with van der Waals surface area (Å²) in [4.78, 5) is 23.3. The van der Waals surface area contributed by atoms with Crippen LogP contribution in [0.4, 0.5) is 0 Å². The van der Waals surface area contributed by atoms with Crippen LogP contribution in [0.5, 0.6) is 0 Å². The number of hydrazine groups is 1. The van der Waals surface area contributed by atoms with Gasteiger partial charge in [0, 0.05) is 0 Å². The predicted molar refractivity (Wildman–Crippen MR) is 75.7 cm³/mol. The van der Waals surface area contributed by atoms with Crippen molar-refractivity contribution < 1.29 is 14.8 Å². The Labute approximate surface area is 118 Å². The summed E-state index contributed by atoms with van der Waals surface area (Å²) in [6.45, 7) is 5.29. The van der Waals surface area contributed by atoms with E-state index in [1.165, 1.54) is 0 Å². The van der Waals surface area contributed by atoms with Crippen LogP contribution in [0, 0.1) is 0 Å². The number of rotatable bonds is 6. The van der Waals surface area contributed by atoms with Crippen molar-refractivity contribution in [3.8, 4) is 0 Å². The van der Waals surface area contributed by atoms with Gasteiger partial charge in [-0.25, -0.2) is 5.43 Å². The van der Waals surface area contributed by atoms with E-state index in [0.29, 0.717) is 6.42 Å². The van der Waals surface area contributed by atoms with Gasteiger partial charge in [-0.1, -0.05) is 56.7 Å². The molecule has 0 fully saturated rings. The number of hydrogen-bond acceptors (Lipinski definition) is 3. The second-order valence-corrected chi connectivity index (χ2v) is 4.44. The molecule has 0 bridgehead atoms.